The van der Waals surface area contributed by atoms with E-state index in [0.29, 0.717) is 6.42 Å². The highest BCUT2D eigenvalue weighted by Gasteiger charge is 2.40. The van der Waals surface area contributed by atoms with Crippen LogP contribution in [-0.2, 0) is 15.3 Å². The van der Waals surface area contributed by atoms with Crippen molar-refractivity contribution in [3.05, 3.63) is 35.9 Å². The summed E-state index contributed by atoms with van der Waals surface area (Å²) < 4.78 is 22.7. The number of aliphatic hydroxyl groups excluding tert-OH is 1. The second-order valence-electron chi connectivity index (χ2n) is 6.02. The molecule has 3 nitrogen and oxygen atoms in total. The van der Waals surface area contributed by atoms with E-state index in [1.807, 2.05) is 18.2 Å². The van der Waals surface area contributed by atoms with Crippen molar-refractivity contribution >= 4 is 9.84 Å². The topological polar surface area (TPSA) is 54.4 Å². The Morgan fingerprint density at radius 2 is 1.75 bits per heavy atom. The zero-order valence-electron chi connectivity index (χ0n) is 12.1. The molecule has 0 bridgehead atoms. The van der Waals surface area contributed by atoms with Gasteiger partial charge in [0, 0.05) is 11.7 Å². The summed E-state index contributed by atoms with van der Waals surface area (Å²) in [4.78, 5) is 0. The smallest absolute Gasteiger partial charge is 0.147 e. The molecule has 2 rings (SSSR count). The summed E-state index contributed by atoms with van der Waals surface area (Å²) in [6.07, 6.45) is 6.27. The molecule has 0 saturated heterocycles. The average Bonchev–Trinajstić information content (AvgIpc) is 2.45. The largest absolute Gasteiger partial charge is 0.392 e. The fraction of sp³-hybridized carbons (Fsp3) is 0.625. The number of rotatable bonds is 5. The monoisotopic (exact) mass is 296 g/mol. The Hall–Kier alpha value is -0.870. The fourth-order valence-electron chi connectivity index (χ4n) is 3.37. The fourth-order valence-corrected chi connectivity index (χ4v) is 4.02. The minimum Gasteiger partial charge on any atom is -0.392 e. The molecule has 1 atom stereocenters. The van der Waals surface area contributed by atoms with Crippen LogP contribution in [0.3, 0.4) is 0 Å². The van der Waals surface area contributed by atoms with Crippen molar-refractivity contribution < 1.29 is 13.5 Å². The first-order valence-electron chi connectivity index (χ1n) is 7.35. The molecule has 1 aromatic carbocycles. The van der Waals surface area contributed by atoms with E-state index in [9.17, 15) is 13.5 Å². The van der Waals surface area contributed by atoms with Gasteiger partial charge in [-0.05, 0) is 24.8 Å². The van der Waals surface area contributed by atoms with E-state index in [2.05, 4.69) is 12.1 Å². The number of hydrogen-bond acceptors (Lipinski definition) is 3. The quantitative estimate of drug-likeness (QED) is 0.909. The SMILES string of the molecule is CS(=O)(=O)CCC(O)C1(c2ccccc2)CCCCC1. The number of hydrogen-bond donors (Lipinski definition) is 1. The van der Waals surface area contributed by atoms with Crippen molar-refractivity contribution in [2.75, 3.05) is 12.0 Å². The molecule has 1 aromatic rings. The van der Waals surface area contributed by atoms with Gasteiger partial charge in [-0.25, -0.2) is 8.42 Å². The van der Waals surface area contributed by atoms with Gasteiger partial charge in [0.2, 0.25) is 0 Å². The highest BCUT2D eigenvalue weighted by molar-refractivity contribution is 7.90. The van der Waals surface area contributed by atoms with Crippen molar-refractivity contribution in [1.82, 2.24) is 0 Å². The molecular formula is C16H24O3S. The van der Waals surface area contributed by atoms with Gasteiger partial charge in [0.05, 0.1) is 11.9 Å². The van der Waals surface area contributed by atoms with Gasteiger partial charge in [-0.2, -0.15) is 0 Å². The van der Waals surface area contributed by atoms with Crippen molar-refractivity contribution in [1.29, 1.82) is 0 Å². The predicted molar refractivity (Wildman–Crippen MR) is 81.5 cm³/mol. The average molecular weight is 296 g/mol. The lowest BCUT2D eigenvalue weighted by atomic mass is 9.65. The summed E-state index contributed by atoms with van der Waals surface area (Å²) in [5, 5.41) is 10.7. The van der Waals surface area contributed by atoms with Crippen LogP contribution in [0.25, 0.3) is 0 Å². The maximum Gasteiger partial charge on any atom is 0.147 e. The van der Waals surface area contributed by atoms with E-state index in [4.69, 9.17) is 0 Å². The third-order valence-corrected chi connectivity index (χ3v) is 5.47. The van der Waals surface area contributed by atoms with Crippen LogP contribution >= 0.6 is 0 Å². The summed E-state index contributed by atoms with van der Waals surface area (Å²) in [7, 11) is -3.03. The molecule has 1 unspecified atom stereocenters. The molecule has 1 saturated carbocycles. The highest BCUT2D eigenvalue weighted by atomic mass is 32.2. The zero-order valence-corrected chi connectivity index (χ0v) is 12.9. The van der Waals surface area contributed by atoms with E-state index in [1.54, 1.807) is 0 Å². The summed E-state index contributed by atoms with van der Waals surface area (Å²) in [6.45, 7) is 0. The lowest BCUT2D eigenvalue weighted by Gasteiger charge is -2.42. The van der Waals surface area contributed by atoms with Gasteiger partial charge in [-0.3, -0.25) is 0 Å². The molecule has 0 aliphatic heterocycles. The Bertz CT molecular complexity index is 516. The highest BCUT2D eigenvalue weighted by Crippen LogP contribution is 2.43. The van der Waals surface area contributed by atoms with Crippen LogP contribution in [0.4, 0.5) is 0 Å². The van der Waals surface area contributed by atoms with Gasteiger partial charge in [0.15, 0.2) is 0 Å². The van der Waals surface area contributed by atoms with Gasteiger partial charge in [-0.1, -0.05) is 49.6 Å². The van der Waals surface area contributed by atoms with Crippen molar-refractivity contribution in [2.24, 2.45) is 0 Å². The van der Waals surface area contributed by atoms with E-state index >= 15 is 0 Å². The zero-order chi connectivity index (χ0) is 14.6. The van der Waals surface area contributed by atoms with Crippen LogP contribution in [0.2, 0.25) is 0 Å². The lowest BCUT2D eigenvalue weighted by Crippen LogP contribution is -2.42. The minimum absolute atomic E-state index is 0.0583. The van der Waals surface area contributed by atoms with E-state index in [0.717, 1.165) is 31.2 Å². The van der Waals surface area contributed by atoms with Crippen molar-refractivity contribution in [3.8, 4) is 0 Å². The van der Waals surface area contributed by atoms with E-state index in [-0.39, 0.29) is 11.2 Å². The van der Waals surface area contributed by atoms with Gasteiger partial charge < -0.3 is 5.11 Å². The van der Waals surface area contributed by atoms with Gasteiger partial charge in [0.1, 0.15) is 9.84 Å². The lowest BCUT2D eigenvalue weighted by molar-refractivity contribution is 0.0513. The second kappa shape index (κ2) is 6.27. The maximum atomic E-state index is 11.3. The first kappa shape index (κ1) is 15.5. The Kier molecular flexibility index (Phi) is 4.86. The molecule has 0 heterocycles. The van der Waals surface area contributed by atoms with Crippen molar-refractivity contribution in [2.45, 2.75) is 50.0 Å². The molecule has 20 heavy (non-hydrogen) atoms. The van der Waals surface area contributed by atoms with Crippen molar-refractivity contribution in [3.63, 3.8) is 0 Å². The van der Waals surface area contributed by atoms with E-state index < -0.39 is 15.9 Å². The molecule has 4 heteroatoms. The van der Waals surface area contributed by atoms with Gasteiger partial charge in [0.25, 0.3) is 0 Å². The first-order chi connectivity index (χ1) is 9.44. The number of aliphatic hydroxyl groups is 1. The van der Waals surface area contributed by atoms with Crippen LogP contribution in [0, 0.1) is 0 Å². The molecule has 1 fully saturated rings. The van der Waals surface area contributed by atoms with Crippen LogP contribution in [0.5, 0.6) is 0 Å². The summed E-state index contributed by atoms with van der Waals surface area (Å²) in [5.41, 5.74) is 0.894. The third kappa shape index (κ3) is 3.61. The molecular weight excluding hydrogens is 272 g/mol. The summed E-state index contributed by atoms with van der Waals surface area (Å²) in [5.74, 6) is 0.0583. The molecule has 1 N–H and O–H groups in total. The van der Waals surface area contributed by atoms with Crippen LogP contribution < -0.4 is 0 Å². The summed E-state index contributed by atoms with van der Waals surface area (Å²) in [6, 6.07) is 10.1. The molecule has 0 spiro atoms. The Labute approximate surface area is 121 Å². The minimum atomic E-state index is -3.03. The summed E-state index contributed by atoms with van der Waals surface area (Å²) >= 11 is 0. The first-order valence-corrected chi connectivity index (χ1v) is 9.41. The molecule has 0 radical (unpaired) electrons. The van der Waals surface area contributed by atoms with Crippen LogP contribution in [0.15, 0.2) is 30.3 Å². The third-order valence-electron chi connectivity index (χ3n) is 4.49. The van der Waals surface area contributed by atoms with E-state index in [1.165, 1.54) is 12.7 Å². The number of sulfone groups is 1. The number of benzene rings is 1. The maximum absolute atomic E-state index is 11.3. The Morgan fingerprint density at radius 1 is 1.15 bits per heavy atom. The molecule has 1 aliphatic rings. The normalized spacial score (nSPS) is 20.5. The Morgan fingerprint density at radius 3 is 2.30 bits per heavy atom. The molecule has 112 valence electrons. The standard InChI is InChI=1S/C16H24O3S/c1-20(18,19)13-10-15(17)16(11-6-3-7-12-16)14-8-4-2-5-9-14/h2,4-5,8-9,15,17H,3,6-7,10-13H2,1H3. The van der Waals surface area contributed by atoms with Gasteiger partial charge >= 0.3 is 0 Å². The second-order valence-corrected chi connectivity index (χ2v) is 8.28. The molecule has 1 aliphatic carbocycles. The predicted octanol–water partition coefficient (Wildman–Crippen LogP) is 2.68. The molecule has 0 amide bonds. The van der Waals surface area contributed by atoms with Crippen LogP contribution in [-0.4, -0.2) is 31.6 Å². The Balaban J connectivity index is 2.23. The molecule has 0 aromatic heterocycles. The van der Waals surface area contributed by atoms with Crippen LogP contribution in [0.1, 0.15) is 44.1 Å². The van der Waals surface area contributed by atoms with Gasteiger partial charge in [-0.15, -0.1) is 0 Å².